The first kappa shape index (κ1) is 21.2. The fraction of sp³-hybridized carbons (Fsp3) is 0.148. The molecule has 4 aromatic carbocycles. The van der Waals surface area contributed by atoms with E-state index in [0.29, 0.717) is 34.7 Å². The smallest absolute Gasteiger partial charge is 0.191 e. The molecule has 0 radical (unpaired) electrons. The van der Waals surface area contributed by atoms with Crippen molar-refractivity contribution in [1.29, 1.82) is 0 Å². The summed E-state index contributed by atoms with van der Waals surface area (Å²) in [5.41, 5.74) is 1.49. The molecule has 0 amide bonds. The number of hydrogen-bond acceptors (Lipinski definition) is 6. The highest BCUT2D eigenvalue weighted by atomic mass is 32.2. The van der Waals surface area contributed by atoms with Crippen molar-refractivity contribution < 1.29 is 9.84 Å². The number of ether oxygens (including phenoxy) is 1. The Morgan fingerprint density at radius 2 is 1.45 bits per heavy atom. The lowest BCUT2D eigenvalue weighted by Crippen LogP contribution is -2.00. The van der Waals surface area contributed by atoms with Crippen LogP contribution in [0.5, 0.6) is 11.5 Å². The first-order valence-corrected chi connectivity index (χ1v) is 11.9. The van der Waals surface area contributed by atoms with Crippen LogP contribution in [-0.2, 0) is 0 Å². The molecule has 0 aliphatic heterocycles. The topological polar surface area (TPSA) is 68.1 Å². The van der Waals surface area contributed by atoms with Crippen LogP contribution in [0.4, 0.5) is 0 Å². The third-order valence-electron chi connectivity index (χ3n) is 5.42. The predicted molar refractivity (Wildman–Crippen MR) is 135 cm³/mol. The maximum Gasteiger partial charge on any atom is 0.191 e. The van der Waals surface area contributed by atoms with Crippen molar-refractivity contribution in [2.75, 3.05) is 12.4 Å². The molecule has 0 atom stereocenters. The van der Waals surface area contributed by atoms with Gasteiger partial charge < -0.3 is 9.84 Å². The lowest BCUT2D eigenvalue weighted by molar-refractivity contribution is 0.338. The van der Waals surface area contributed by atoms with Crippen LogP contribution in [0.25, 0.3) is 44.3 Å². The molecule has 0 unspecified atom stereocenters. The van der Waals surface area contributed by atoms with Crippen molar-refractivity contribution in [3.63, 3.8) is 0 Å². The molecular weight excluding hydrogens is 430 g/mol. The lowest BCUT2D eigenvalue weighted by atomic mass is 9.97. The quantitative estimate of drug-likeness (QED) is 0.227. The van der Waals surface area contributed by atoms with Crippen LogP contribution in [0.3, 0.4) is 0 Å². The van der Waals surface area contributed by atoms with Crippen LogP contribution < -0.4 is 4.74 Å². The van der Waals surface area contributed by atoms with E-state index >= 15 is 0 Å². The zero-order valence-electron chi connectivity index (χ0n) is 18.4. The fourth-order valence-electron chi connectivity index (χ4n) is 3.99. The summed E-state index contributed by atoms with van der Waals surface area (Å²) in [6.45, 7) is 4.50. The maximum absolute atomic E-state index is 10.7. The average molecular weight is 454 g/mol. The van der Waals surface area contributed by atoms with Gasteiger partial charge in [-0.2, -0.15) is 0 Å². The van der Waals surface area contributed by atoms with E-state index in [1.807, 2.05) is 31.2 Å². The van der Waals surface area contributed by atoms with E-state index < -0.39 is 0 Å². The minimum absolute atomic E-state index is 0.0777. The number of nitrogens with zero attached hydrogens (tertiary/aromatic N) is 3. The minimum Gasteiger partial charge on any atom is -0.507 e. The Hall–Kier alpha value is -3.64. The Kier molecular flexibility index (Phi) is 5.84. The number of aromatic nitrogens is 3. The van der Waals surface area contributed by atoms with Gasteiger partial charge in [0, 0.05) is 11.6 Å². The van der Waals surface area contributed by atoms with Crippen LogP contribution in [0, 0.1) is 0 Å². The second kappa shape index (κ2) is 9.08. The minimum atomic E-state index is 0.0777. The Bertz CT molecular complexity index is 1470. The third-order valence-corrected chi connectivity index (χ3v) is 6.15. The molecule has 0 spiro atoms. The number of rotatable bonds is 6. The summed E-state index contributed by atoms with van der Waals surface area (Å²) in [7, 11) is 0. The van der Waals surface area contributed by atoms with E-state index in [9.17, 15) is 5.11 Å². The molecule has 0 fully saturated rings. The van der Waals surface area contributed by atoms with Crippen molar-refractivity contribution in [2.45, 2.75) is 19.0 Å². The van der Waals surface area contributed by atoms with Gasteiger partial charge in [0.1, 0.15) is 11.5 Å². The molecular formula is C27H23N3O2S. The van der Waals surface area contributed by atoms with Gasteiger partial charge in [-0.1, -0.05) is 67.2 Å². The van der Waals surface area contributed by atoms with Crippen molar-refractivity contribution >= 4 is 33.3 Å². The van der Waals surface area contributed by atoms with Gasteiger partial charge in [-0.05, 0) is 52.4 Å². The predicted octanol–water partition coefficient (Wildman–Crippen LogP) is 6.73. The van der Waals surface area contributed by atoms with Crippen LogP contribution in [0.2, 0.25) is 0 Å². The molecule has 5 nitrogen and oxygen atoms in total. The van der Waals surface area contributed by atoms with Gasteiger partial charge in [0.25, 0.3) is 0 Å². The molecule has 1 aromatic heterocycles. The summed E-state index contributed by atoms with van der Waals surface area (Å²) in [5, 5.41) is 15.9. The number of phenolic OH excluding ortho intramolecular Hbond substituents is 1. The summed E-state index contributed by atoms with van der Waals surface area (Å²) in [6.07, 6.45) is 0. The number of hydrogen-bond donors (Lipinski definition) is 1. The van der Waals surface area contributed by atoms with Crippen molar-refractivity contribution in [3.05, 3.63) is 72.8 Å². The van der Waals surface area contributed by atoms with E-state index in [2.05, 4.69) is 48.3 Å². The van der Waals surface area contributed by atoms with E-state index in [1.54, 1.807) is 23.9 Å². The van der Waals surface area contributed by atoms with Gasteiger partial charge >= 0.3 is 0 Å². The highest BCUT2D eigenvalue weighted by Gasteiger charge is 2.17. The van der Waals surface area contributed by atoms with Gasteiger partial charge in [0.15, 0.2) is 16.8 Å². The first-order chi connectivity index (χ1) is 16.2. The molecule has 0 saturated heterocycles. The van der Waals surface area contributed by atoms with E-state index in [-0.39, 0.29) is 5.75 Å². The molecule has 5 rings (SSSR count). The second-order valence-electron chi connectivity index (χ2n) is 7.50. The van der Waals surface area contributed by atoms with Gasteiger partial charge in [-0.25, -0.2) is 15.0 Å². The van der Waals surface area contributed by atoms with Crippen LogP contribution in [-0.4, -0.2) is 32.4 Å². The van der Waals surface area contributed by atoms with Gasteiger partial charge in [0.2, 0.25) is 0 Å². The van der Waals surface area contributed by atoms with Gasteiger partial charge in [0.05, 0.1) is 12.2 Å². The molecule has 6 heteroatoms. The van der Waals surface area contributed by atoms with E-state index in [0.717, 1.165) is 27.5 Å². The van der Waals surface area contributed by atoms with Crippen molar-refractivity contribution in [1.82, 2.24) is 15.0 Å². The molecule has 33 heavy (non-hydrogen) atoms. The largest absolute Gasteiger partial charge is 0.507 e. The Labute approximate surface area is 196 Å². The monoisotopic (exact) mass is 453 g/mol. The van der Waals surface area contributed by atoms with Crippen molar-refractivity contribution in [3.8, 4) is 34.3 Å². The number of aromatic hydroxyl groups is 1. The lowest BCUT2D eigenvalue weighted by Gasteiger charge is -2.12. The van der Waals surface area contributed by atoms with Crippen LogP contribution >= 0.6 is 11.8 Å². The average Bonchev–Trinajstić information content (AvgIpc) is 2.84. The number of benzene rings is 4. The normalized spacial score (nSPS) is 11.2. The standard InChI is InChI=1S/C27H23N3O2S/c1-3-32-18-13-14-22(24(31)16-18)25-28-26(30-27(29-25)33-4-2)23-15-17-9-5-6-10-19(17)20-11-7-8-12-21(20)23/h5-16,31H,3-4H2,1-2H3. The molecule has 1 N–H and O–H groups in total. The zero-order chi connectivity index (χ0) is 22.8. The summed E-state index contributed by atoms with van der Waals surface area (Å²) in [4.78, 5) is 14.2. The van der Waals surface area contributed by atoms with Gasteiger partial charge in [-0.15, -0.1) is 0 Å². The van der Waals surface area contributed by atoms with Gasteiger partial charge in [-0.3, -0.25) is 0 Å². The summed E-state index contributed by atoms with van der Waals surface area (Å²) in [5.74, 6) is 2.54. The first-order valence-electron chi connectivity index (χ1n) is 10.9. The molecule has 1 heterocycles. The van der Waals surface area contributed by atoms with Crippen LogP contribution in [0.15, 0.2) is 78.0 Å². The molecule has 164 valence electrons. The van der Waals surface area contributed by atoms with Crippen LogP contribution in [0.1, 0.15) is 13.8 Å². The summed E-state index contributed by atoms with van der Waals surface area (Å²) < 4.78 is 5.50. The zero-order valence-corrected chi connectivity index (χ0v) is 19.3. The van der Waals surface area contributed by atoms with Crippen molar-refractivity contribution in [2.24, 2.45) is 0 Å². The Morgan fingerprint density at radius 3 is 2.18 bits per heavy atom. The highest BCUT2D eigenvalue weighted by molar-refractivity contribution is 7.99. The summed E-state index contributed by atoms with van der Waals surface area (Å²) in [6, 6.07) is 24.0. The fourth-order valence-corrected chi connectivity index (χ4v) is 4.55. The highest BCUT2D eigenvalue weighted by Crippen LogP contribution is 2.36. The molecule has 0 bridgehead atoms. The Morgan fingerprint density at radius 1 is 0.758 bits per heavy atom. The molecule has 0 aliphatic carbocycles. The Balaban J connectivity index is 1.74. The van der Waals surface area contributed by atoms with E-state index in [1.165, 1.54) is 5.39 Å². The third kappa shape index (κ3) is 4.10. The SMILES string of the molecule is CCOc1ccc(-c2nc(SCC)nc(-c3cc4ccccc4c4ccccc34)n2)c(O)c1. The maximum atomic E-state index is 10.7. The number of phenols is 1. The summed E-state index contributed by atoms with van der Waals surface area (Å²) >= 11 is 1.55. The molecule has 0 saturated carbocycles. The molecule has 5 aromatic rings. The number of thioether (sulfide) groups is 1. The number of fused-ring (bicyclic) bond motifs is 3. The van der Waals surface area contributed by atoms with E-state index in [4.69, 9.17) is 14.7 Å². The second-order valence-corrected chi connectivity index (χ2v) is 8.73. The molecule has 0 aliphatic rings.